The van der Waals surface area contributed by atoms with Gasteiger partial charge in [-0.2, -0.15) is 0 Å². The first-order chi connectivity index (χ1) is 11.5. The number of benzene rings is 1. The van der Waals surface area contributed by atoms with Gasteiger partial charge >= 0.3 is 5.97 Å². The lowest BCUT2D eigenvalue weighted by Gasteiger charge is -1.95. The van der Waals surface area contributed by atoms with Gasteiger partial charge in [0.25, 0.3) is 5.56 Å². The van der Waals surface area contributed by atoms with Gasteiger partial charge in [0.2, 0.25) is 0 Å². The number of rotatable bonds is 4. The summed E-state index contributed by atoms with van der Waals surface area (Å²) < 4.78 is 12.9. The largest absolute Gasteiger partial charge is 0.477 e. The molecular weight excluding hydrogens is 333 g/mol. The number of hydrogen-bond acceptors (Lipinski definition) is 5. The Balaban J connectivity index is 1.80. The highest BCUT2D eigenvalue weighted by atomic mass is 32.1. The van der Waals surface area contributed by atoms with E-state index in [9.17, 15) is 14.0 Å². The van der Waals surface area contributed by atoms with E-state index in [1.165, 1.54) is 29.5 Å². The topological polar surface area (TPSA) is 95.9 Å². The average Bonchev–Trinajstić information content (AvgIpc) is 3.02. The van der Waals surface area contributed by atoms with Crippen LogP contribution in [0.25, 0.3) is 22.7 Å². The minimum absolute atomic E-state index is 0.223. The predicted octanol–water partition coefficient (Wildman–Crippen LogP) is 2.90. The number of H-pyrrole nitrogens is 1. The molecule has 2 aromatic heterocycles. The molecule has 0 saturated carbocycles. The van der Waals surface area contributed by atoms with Gasteiger partial charge in [-0.1, -0.05) is 0 Å². The molecule has 1 aromatic carbocycles. The molecule has 3 rings (SSSR count). The fourth-order valence-electron chi connectivity index (χ4n) is 1.90. The summed E-state index contributed by atoms with van der Waals surface area (Å²) in [6.45, 7) is 0. The van der Waals surface area contributed by atoms with Crippen LogP contribution in [0.5, 0.6) is 0 Å². The number of carboxylic acids is 1. The zero-order chi connectivity index (χ0) is 17.1. The van der Waals surface area contributed by atoms with Crippen molar-refractivity contribution in [2.45, 2.75) is 0 Å². The number of halogens is 1. The molecule has 24 heavy (non-hydrogen) atoms. The third kappa shape index (κ3) is 3.44. The molecule has 0 atom stereocenters. The first-order valence-electron chi connectivity index (χ1n) is 6.75. The molecule has 2 N–H and O–H groups in total. The van der Waals surface area contributed by atoms with Gasteiger partial charge in [0.05, 0.1) is 5.69 Å². The number of hydrogen-bond donors (Lipinski definition) is 2. The van der Waals surface area contributed by atoms with Crippen LogP contribution in [0.1, 0.15) is 21.9 Å². The van der Waals surface area contributed by atoms with Gasteiger partial charge in [-0.05, 0) is 36.4 Å². The number of aromatic carboxylic acids is 1. The van der Waals surface area contributed by atoms with Crippen molar-refractivity contribution in [3.63, 3.8) is 0 Å². The van der Waals surface area contributed by atoms with Crippen LogP contribution in [0.2, 0.25) is 0 Å². The Labute approximate surface area is 139 Å². The number of thiazole rings is 1. The number of nitrogens with zero attached hydrogens (tertiary/aromatic N) is 2. The van der Waals surface area contributed by atoms with Crippen molar-refractivity contribution in [3.05, 3.63) is 69.1 Å². The Bertz CT molecular complexity index is 977. The van der Waals surface area contributed by atoms with E-state index < -0.39 is 17.1 Å². The molecule has 0 amide bonds. The van der Waals surface area contributed by atoms with Crippen LogP contribution in [0.15, 0.2) is 40.6 Å². The maximum atomic E-state index is 12.9. The number of aromatic nitrogens is 3. The van der Waals surface area contributed by atoms with Crippen molar-refractivity contribution in [1.82, 2.24) is 15.0 Å². The minimum Gasteiger partial charge on any atom is -0.477 e. The predicted molar refractivity (Wildman–Crippen MR) is 88.3 cm³/mol. The summed E-state index contributed by atoms with van der Waals surface area (Å²) in [5.74, 6) is -1.42. The monoisotopic (exact) mass is 343 g/mol. The Hall–Kier alpha value is -3.13. The third-order valence-electron chi connectivity index (χ3n) is 3.07. The van der Waals surface area contributed by atoms with Crippen molar-refractivity contribution in [2.24, 2.45) is 0 Å². The van der Waals surface area contributed by atoms with E-state index in [-0.39, 0.29) is 11.6 Å². The van der Waals surface area contributed by atoms with Gasteiger partial charge in [0, 0.05) is 17.1 Å². The molecule has 0 aliphatic rings. The summed E-state index contributed by atoms with van der Waals surface area (Å²) in [4.78, 5) is 32.9. The molecule has 0 saturated heterocycles. The summed E-state index contributed by atoms with van der Waals surface area (Å²) in [6, 6.07) is 6.02. The maximum Gasteiger partial charge on any atom is 0.342 e. The standard InChI is InChI=1S/C16H10FN3O3S/c17-10-3-1-9(2-4-10)15-19-11(8-24-15)5-6-13-18-7-12(16(22)23)14(21)20-13/h1-8H,(H,22,23)(H,18,20,21)/b6-5+. The Morgan fingerprint density at radius 3 is 2.67 bits per heavy atom. The molecule has 0 radical (unpaired) electrons. The highest BCUT2D eigenvalue weighted by molar-refractivity contribution is 7.13. The van der Waals surface area contributed by atoms with Crippen LogP contribution in [0, 0.1) is 5.82 Å². The van der Waals surface area contributed by atoms with Crippen LogP contribution in [-0.2, 0) is 0 Å². The van der Waals surface area contributed by atoms with Gasteiger partial charge in [-0.25, -0.2) is 19.2 Å². The van der Waals surface area contributed by atoms with Gasteiger partial charge in [0.15, 0.2) is 0 Å². The summed E-state index contributed by atoms with van der Waals surface area (Å²) in [5.41, 5.74) is 0.310. The van der Waals surface area contributed by atoms with Crippen LogP contribution >= 0.6 is 11.3 Å². The molecule has 6 nitrogen and oxygen atoms in total. The molecule has 0 spiro atoms. The first kappa shape index (κ1) is 15.8. The van der Waals surface area contributed by atoms with Crippen molar-refractivity contribution >= 4 is 29.5 Å². The second-order valence-electron chi connectivity index (χ2n) is 4.73. The van der Waals surface area contributed by atoms with Crippen molar-refractivity contribution < 1.29 is 14.3 Å². The lowest BCUT2D eigenvalue weighted by Crippen LogP contribution is -2.18. The minimum atomic E-state index is -1.33. The Morgan fingerprint density at radius 2 is 2.00 bits per heavy atom. The molecule has 0 aliphatic heterocycles. The number of aromatic amines is 1. The fraction of sp³-hybridized carbons (Fsp3) is 0. The number of carbonyl (C=O) groups is 1. The molecule has 3 aromatic rings. The van der Waals surface area contributed by atoms with E-state index in [0.29, 0.717) is 5.69 Å². The molecule has 0 fully saturated rings. The Kier molecular flexibility index (Phi) is 4.30. The van der Waals surface area contributed by atoms with Crippen molar-refractivity contribution in [2.75, 3.05) is 0 Å². The number of carboxylic acid groups (broad SMARTS) is 1. The van der Waals surface area contributed by atoms with Gasteiger partial charge in [0.1, 0.15) is 22.2 Å². The molecule has 0 bridgehead atoms. The second-order valence-corrected chi connectivity index (χ2v) is 5.59. The molecule has 0 unspecified atom stereocenters. The summed E-state index contributed by atoms with van der Waals surface area (Å²) in [5, 5.41) is 11.3. The SMILES string of the molecule is O=C(O)c1cnc(/C=C/c2csc(-c3ccc(F)cc3)n2)[nH]c1=O. The Morgan fingerprint density at radius 1 is 1.25 bits per heavy atom. The lowest BCUT2D eigenvalue weighted by atomic mass is 10.2. The maximum absolute atomic E-state index is 12.9. The van der Waals surface area contributed by atoms with Crippen LogP contribution in [0.4, 0.5) is 4.39 Å². The van der Waals surface area contributed by atoms with Crippen molar-refractivity contribution in [1.29, 1.82) is 0 Å². The van der Waals surface area contributed by atoms with Gasteiger partial charge in [-0.3, -0.25) is 4.79 Å². The first-order valence-corrected chi connectivity index (χ1v) is 7.63. The van der Waals surface area contributed by atoms with E-state index >= 15 is 0 Å². The zero-order valence-corrected chi connectivity index (χ0v) is 12.9. The molecular formula is C16H10FN3O3S. The van der Waals surface area contributed by atoms with E-state index in [0.717, 1.165) is 16.8 Å². The van der Waals surface area contributed by atoms with Crippen LogP contribution in [0.3, 0.4) is 0 Å². The summed E-state index contributed by atoms with van der Waals surface area (Å²) in [7, 11) is 0. The molecule has 8 heteroatoms. The second kappa shape index (κ2) is 6.55. The number of nitrogens with one attached hydrogen (secondary N) is 1. The molecule has 0 aliphatic carbocycles. The smallest absolute Gasteiger partial charge is 0.342 e. The summed E-state index contributed by atoms with van der Waals surface area (Å²) in [6.07, 6.45) is 4.17. The third-order valence-corrected chi connectivity index (χ3v) is 3.98. The lowest BCUT2D eigenvalue weighted by molar-refractivity contribution is 0.0694. The fourth-order valence-corrected chi connectivity index (χ4v) is 2.69. The quantitative estimate of drug-likeness (QED) is 0.759. The molecule has 2 heterocycles. The van der Waals surface area contributed by atoms with Crippen LogP contribution < -0.4 is 5.56 Å². The zero-order valence-electron chi connectivity index (χ0n) is 12.1. The van der Waals surface area contributed by atoms with Gasteiger partial charge in [-0.15, -0.1) is 11.3 Å². The van der Waals surface area contributed by atoms with Gasteiger partial charge < -0.3 is 10.1 Å². The normalized spacial score (nSPS) is 11.0. The van der Waals surface area contributed by atoms with Crippen molar-refractivity contribution in [3.8, 4) is 10.6 Å². The highest BCUT2D eigenvalue weighted by Crippen LogP contribution is 2.24. The van der Waals surface area contributed by atoms with E-state index in [1.807, 2.05) is 0 Å². The molecule has 120 valence electrons. The van der Waals surface area contributed by atoms with E-state index in [1.54, 1.807) is 23.6 Å². The van der Waals surface area contributed by atoms with E-state index in [4.69, 9.17) is 5.11 Å². The summed E-state index contributed by atoms with van der Waals surface area (Å²) >= 11 is 1.40. The van der Waals surface area contributed by atoms with Crippen LogP contribution in [-0.4, -0.2) is 26.0 Å². The van der Waals surface area contributed by atoms with E-state index in [2.05, 4.69) is 15.0 Å². The highest BCUT2D eigenvalue weighted by Gasteiger charge is 2.08. The average molecular weight is 343 g/mol.